The number of hydrogen-bond acceptors (Lipinski definition) is 11. The summed E-state index contributed by atoms with van der Waals surface area (Å²) in [7, 11) is 3.60. The van der Waals surface area contributed by atoms with Crippen molar-refractivity contribution in [3.8, 4) is 0 Å². The zero-order valence-electron chi connectivity index (χ0n) is 33.2. The van der Waals surface area contributed by atoms with Crippen molar-refractivity contribution in [2.24, 2.45) is 23.7 Å². The predicted molar refractivity (Wildman–Crippen MR) is 203 cm³/mol. The van der Waals surface area contributed by atoms with E-state index in [0.29, 0.717) is 19.3 Å². The highest BCUT2D eigenvalue weighted by atomic mass is 16.7. The van der Waals surface area contributed by atoms with E-state index in [1.54, 1.807) is 32.0 Å². The fourth-order valence-corrected chi connectivity index (χ4v) is 8.83. The molecule has 11 heteroatoms. The van der Waals surface area contributed by atoms with Crippen molar-refractivity contribution in [1.29, 1.82) is 0 Å². The zero-order chi connectivity index (χ0) is 37.9. The molecule has 0 saturated carbocycles. The number of cyclic esters (lactones) is 1. The van der Waals surface area contributed by atoms with Gasteiger partial charge >= 0.3 is 5.97 Å². The SMILES string of the molecule is CCC1OC(=O)CC(O)C(C)C(OC2OC(C)C(O)C(N(C)C)C2O)C(CCN2CCCCC2)CC(C)C(=O)C=CC(C)=CC1CN1CCCCC1. The van der Waals surface area contributed by atoms with E-state index < -0.39 is 54.7 Å². The number of ether oxygens (including phenoxy) is 3. The molecule has 0 radical (unpaired) electrons. The molecule has 298 valence electrons. The number of aliphatic hydroxyl groups is 3. The van der Waals surface area contributed by atoms with Gasteiger partial charge in [-0.3, -0.25) is 9.59 Å². The van der Waals surface area contributed by atoms with Crippen molar-refractivity contribution >= 4 is 11.8 Å². The van der Waals surface area contributed by atoms with Crippen molar-refractivity contribution in [1.82, 2.24) is 14.7 Å². The summed E-state index contributed by atoms with van der Waals surface area (Å²) in [6.07, 6.45) is 8.49. The number of likely N-dealkylation sites (tertiary alicyclic amines) is 2. The molecule has 0 spiro atoms. The second-order valence-electron chi connectivity index (χ2n) is 16.6. The van der Waals surface area contributed by atoms with Crippen LogP contribution in [0.3, 0.4) is 0 Å². The second-order valence-corrected chi connectivity index (χ2v) is 16.6. The van der Waals surface area contributed by atoms with Crippen LogP contribution in [0.15, 0.2) is 23.8 Å². The highest BCUT2D eigenvalue weighted by molar-refractivity contribution is 5.91. The first kappa shape index (κ1) is 43.0. The summed E-state index contributed by atoms with van der Waals surface area (Å²) in [5.74, 6) is -1.58. The maximum Gasteiger partial charge on any atom is 0.308 e. The van der Waals surface area contributed by atoms with E-state index in [1.807, 2.05) is 33.8 Å². The van der Waals surface area contributed by atoms with Crippen molar-refractivity contribution in [3.05, 3.63) is 23.8 Å². The number of allylic oxidation sites excluding steroid dienone is 3. The molecule has 0 aliphatic carbocycles. The molecule has 4 aliphatic heterocycles. The molecular weight excluding hydrogens is 662 g/mol. The minimum absolute atomic E-state index is 0.0270. The van der Waals surface area contributed by atoms with Gasteiger partial charge in [0.2, 0.25) is 0 Å². The van der Waals surface area contributed by atoms with Crippen LogP contribution in [-0.4, -0.2) is 144 Å². The summed E-state index contributed by atoms with van der Waals surface area (Å²) in [6.45, 7) is 15.3. The fraction of sp³-hybridized carbons (Fsp3) is 0.854. The average Bonchev–Trinajstić information content (AvgIpc) is 3.12. The van der Waals surface area contributed by atoms with E-state index in [-0.39, 0.29) is 36.1 Å². The Morgan fingerprint density at radius 1 is 0.904 bits per heavy atom. The maximum atomic E-state index is 13.8. The number of nitrogens with zero attached hydrogens (tertiary/aromatic N) is 3. The van der Waals surface area contributed by atoms with Crippen molar-refractivity contribution in [2.45, 2.75) is 148 Å². The van der Waals surface area contributed by atoms with Gasteiger partial charge in [-0.1, -0.05) is 51.3 Å². The third-order valence-electron chi connectivity index (χ3n) is 12.1. The van der Waals surface area contributed by atoms with Crippen LogP contribution in [0.25, 0.3) is 0 Å². The number of esters is 1. The van der Waals surface area contributed by atoms with Gasteiger partial charge in [0, 0.05) is 24.3 Å². The van der Waals surface area contributed by atoms with E-state index in [2.05, 4.69) is 15.9 Å². The van der Waals surface area contributed by atoms with Crippen LogP contribution in [0.4, 0.5) is 0 Å². The summed E-state index contributed by atoms with van der Waals surface area (Å²) >= 11 is 0. The molecule has 0 aromatic carbocycles. The summed E-state index contributed by atoms with van der Waals surface area (Å²) in [6, 6.07) is -0.632. The number of hydrogen-bond donors (Lipinski definition) is 3. The smallest absolute Gasteiger partial charge is 0.308 e. The number of aliphatic hydroxyl groups excluding tert-OH is 3. The minimum Gasteiger partial charge on any atom is -0.462 e. The van der Waals surface area contributed by atoms with Crippen molar-refractivity contribution < 1.29 is 39.1 Å². The summed E-state index contributed by atoms with van der Waals surface area (Å²) < 4.78 is 19.1. The third kappa shape index (κ3) is 12.2. The Morgan fingerprint density at radius 3 is 2.15 bits per heavy atom. The van der Waals surface area contributed by atoms with E-state index >= 15 is 0 Å². The molecule has 0 aromatic rings. The predicted octanol–water partition coefficient (Wildman–Crippen LogP) is 4.18. The first-order valence-electron chi connectivity index (χ1n) is 20.3. The first-order valence-corrected chi connectivity index (χ1v) is 20.3. The average molecular weight is 734 g/mol. The lowest BCUT2D eigenvalue weighted by Crippen LogP contribution is -2.63. The topological polar surface area (TPSA) is 132 Å². The van der Waals surface area contributed by atoms with Gasteiger partial charge in [0.25, 0.3) is 0 Å². The normalized spacial score (nSPS) is 38.6. The van der Waals surface area contributed by atoms with Crippen molar-refractivity contribution in [3.63, 3.8) is 0 Å². The molecule has 3 N–H and O–H groups in total. The number of piperidine rings is 2. The molecule has 3 saturated heterocycles. The Kier molecular flexibility index (Phi) is 17.2. The van der Waals surface area contributed by atoms with Crippen LogP contribution in [0.5, 0.6) is 0 Å². The van der Waals surface area contributed by atoms with E-state index in [4.69, 9.17) is 14.2 Å². The van der Waals surface area contributed by atoms with E-state index in [9.17, 15) is 24.9 Å². The molecule has 4 aliphatic rings. The van der Waals surface area contributed by atoms with Gasteiger partial charge in [-0.2, -0.15) is 0 Å². The molecule has 11 nitrogen and oxygen atoms in total. The van der Waals surface area contributed by atoms with E-state index in [1.165, 1.54) is 12.8 Å². The number of likely N-dealkylation sites (N-methyl/N-ethyl adjacent to an activating group) is 1. The maximum absolute atomic E-state index is 13.8. The highest BCUT2D eigenvalue weighted by Gasteiger charge is 2.47. The van der Waals surface area contributed by atoms with Crippen LogP contribution in [0, 0.1) is 23.7 Å². The monoisotopic (exact) mass is 734 g/mol. The lowest BCUT2D eigenvalue weighted by molar-refractivity contribution is -0.304. The molecule has 4 heterocycles. The Bertz CT molecular complexity index is 1170. The summed E-state index contributed by atoms with van der Waals surface area (Å²) in [4.78, 5) is 34.1. The lowest BCUT2D eigenvalue weighted by atomic mass is 9.79. The van der Waals surface area contributed by atoms with Gasteiger partial charge in [-0.25, -0.2) is 0 Å². The number of carbonyl (C=O) groups is 2. The lowest BCUT2D eigenvalue weighted by Gasteiger charge is -2.47. The Labute approximate surface area is 313 Å². The fourth-order valence-electron chi connectivity index (χ4n) is 8.83. The zero-order valence-corrected chi connectivity index (χ0v) is 33.2. The number of ketones is 1. The van der Waals surface area contributed by atoms with Gasteiger partial charge in [0.05, 0.1) is 36.9 Å². The molecule has 12 atom stereocenters. The largest absolute Gasteiger partial charge is 0.462 e. The molecule has 0 bridgehead atoms. The van der Waals surface area contributed by atoms with Gasteiger partial charge < -0.3 is 44.2 Å². The van der Waals surface area contributed by atoms with Crippen LogP contribution < -0.4 is 0 Å². The van der Waals surface area contributed by atoms with Gasteiger partial charge in [0.15, 0.2) is 12.1 Å². The Morgan fingerprint density at radius 2 is 1.54 bits per heavy atom. The van der Waals surface area contributed by atoms with Gasteiger partial charge in [0.1, 0.15) is 12.2 Å². The molecule has 12 unspecified atom stereocenters. The highest BCUT2D eigenvalue weighted by Crippen LogP contribution is 2.35. The van der Waals surface area contributed by atoms with Crippen molar-refractivity contribution in [2.75, 3.05) is 53.4 Å². The molecule has 0 aromatic heterocycles. The first-order chi connectivity index (χ1) is 24.8. The van der Waals surface area contributed by atoms with Crippen LogP contribution in [0.1, 0.15) is 98.8 Å². The number of rotatable bonds is 9. The van der Waals surface area contributed by atoms with Gasteiger partial charge in [-0.05, 0) is 118 Å². The second kappa shape index (κ2) is 20.8. The number of carbonyl (C=O) groups excluding carboxylic acids is 2. The van der Waals surface area contributed by atoms with Crippen LogP contribution >= 0.6 is 0 Å². The van der Waals surface area contributed by atoms with Gasteiger partial charge in [-0.15, -0.1) is 0 Å². The molecule has 4 rings (SSSR count). The quantitative estimate of drug-likeness (QED) is 0.295. The third-order valence-corrected chi connectivity index (χ3v) is 12.1. The standard InChI is InChI=1S/C41H71N3O8/c1-8-35-32(26-44-20-13-10-14-21-44)23-27(2)15-16-33(45)28(3)24-31(17-22-43-18-11-9-12-19-43)40(29(4)34(46)25-36(47)51-35)52-41-39(49)37(42(6)7)38(48)30(5)50-41/h15-16,23,28-32,34-35,37-41,46,48-49H,8-14,17-22,24-26H2,1-7H3. The Hall–Kier alpha value is -1.70. The molecule has 0 amide bonds. The summed E-state index contributed by atoms with van der Waals surface area (Å²) in [5.41, 5.74) is 0.954. The van der Waals surface area contributed by atoms with Crippen LogP contribution in [0.2, 0.25) is 0 Å². The van der Waals surface area contributed by atoms with E-state index in [0.717, 1.165) is 70.5 Å². The Balaban J connectivity index is 1.68. The summed E-state index contributed by atoms with van der Waals surface area (Å²) in [5, 5.41) is 34.2. The minimum atomic E-state index is -1.17. The molecule has 52 heavy (non-hydrogen) atoms. The van der Waals surface area contributed by atoms with Crippen LogP contribution in [-0.2, 0) is 23.8 Å². The molecular formula is C41H71N3O8. The molecule has 3 fully saturated rings.